The van der Waals surface area contributed by atoms with E-state index in [-0.39, 0.29) is 5.92 Å². The van der Waals surface area contributed by atoms with Crippen LogP contribution in [0.4, 0.5) is 0 Å². The third-order valence-corrected chi connectivity index (χ3v) is 1.83. The molecule has 0 N–H and O–H groups in total. The molecule has 0 aliphatic heterocycles. The van der Waals surface area contributed by atoms with Crippen molar-refractivity contribution in [3.8, 4) is 12.3 Å². The summed E-state index contributed by atoms with van der Waals surface area (Å²) in [6.45, 7) is 4.11. The lowest BCUT2D eigenvalue weighted by Crippen LogP contribution is -1.88. The first-order valence-corrected chi connectivity index (χ1v) is 3.76. The first kappa shape index (κ1) is 7.88. The van der Waals surface area contributed by atoms with Crippen molar-refractivity contribution in [2.24, 2.45) is 0 Å². The fourth-order valence-corrected chi connectivity index (χ4v) is 0.951. The van der Waals surface area contributed by atoms with Gasteiger partial charge in [-0.05, 0) is 19.4 Å². The molecule has 56 valence electrons. The summed E-state index contributed by atoms with van der Waals surface area (Å²) in [5, 5.41) is 0. The number of hydrogen-bond donors (Lipinski definition) is 0. The molecule has 0 bridgehead atoms. The van der Waals surface area contributed by atoms with Crippen molar-refractivity contribution < 1.29 is 0 Å². The van der Waals surface area contributed by atoms with Gasteiger partial charge in [0.05, 0.1) is 0 Å². The summed E-state index contributed by atoms with van der Waals surface area (Å²) in [6.07, 6.45) is 5.29. The van der Waals surface area contributed by atoms with Crippen molar-refractivity contribution in [1.29, 1.82) is 0 Å². The molecule has 0 aliphatic rings. The molecule has 0 aromatic heterocycles. The Morgan fingerprint density at radius 1 is 1.27 bits per heavy atom. The van der Waals surface area contributed by atoms with Gasteiger partial charge in [-0.3, -0.25) is 0 Å². The van der Waals surface area contributed by atoms with Gasteiger partial charge in [0.15, 0.2) is 0 Å². The molecule has 0 radical (unpaired) electrons. The summed E-state index contributed by atoms with van der Waals surface area (Å²) in [7, 11) is 0. The molecule has 0 amide bonds. The van der Waals surface area contributed by atoms with Crippen LogP contribution < -0.4 is 0 Å². The maximum Gasteiger partial charge on any atom is 0.0421 e. The van der Waals surface area contributed by atoms with Crippen LogP contribution in [0, 0.1) is 19.3 Å². The average Bonchev–Trinajstić information content (AvgIpc) is 2.05. The van der Waals surface area contributed by atoms with Crippen molar-refractivity contribution in [2.75, 3.05) is 0 Å². The summed E-state index contributed by atoms with van der Waals surface area (Å²) < 4.78 is 0. The first-order valence-electron chi connectivity index (χ1n) is 3.76. The monoisotopic (exact) mass is 144 g/mol. The minimum absolute atomic E-state index is 0.232. The Kier molecular flexibility index (Phi) is 2.33. The summed E-state index contributed by atoms with van der Waals surface area (Å²) in [4.78, 5) is 0. The van der Waals surface area contributed by atoms with Crippen LogP contribution in [0.5, 0.6) is 0 Å². The van der Waals surface area contributed by atoms with E-state index >= 15 is 0 Å². The fraction of sp³-hybridized carbons (Fsp3) is 0.273. The maximum atomic E-state index is 5.29. The molecule has 0 heteroatoms. The SMILES string of the molecule is C#CC(C)c1ccc(C)cc1. The second kappa shape index (κ2) is 3.25. The number of terminal acetylenes is 1. The lowest BCUT2D eigenvalue weighted by atomic mass is 10.0. The van der Waals surface area contributed by atoms with Crippen molar-refractivity contribution in [1.82, 2.24) is 0 Å². The third kappa shape index (κ3) is 1.85. The van der Waals surface area contributed by atoms with E-state index in [1.807, 2.05) is 6.92 Å². The van der Waals surface area contributed by atoms with Gasteiger partial charge in [-0.1, -0.05) is 35.7 Å². The molecule has 0 spiro atoms. The largest absolute Gasteiger partial charge is 0.119 e. The predicted molar refractivity (Wildman–Crippen MR) is 48.4 cm³/mol. The highest BCUT2D eigenvalue weighted by Gasteiger charge is 1.98. The molecule has 0 saturated heterocycles. The molecule has 0 aliphatic carbocycles. The Bertz CT molecular complexity index is 261. The van der Waals surface area contributed by atoms with Crippen LogP contribution in [0.25, 0.3) is 0 Å². The molecular weight excluding hydrogens is 132 g/mol. The maximum absolute atomic E-state index is 5.29. The number of benzene rings is 1. The predicted octanol–water partition coefficient (Wildman–Crippen LogP) is 2.73. The topological polar surface area (TPSA) is 0 Å². The van der Waals surface area contributed by atoms with Crippen LogP contribution in [-0.2, 0) is 0 Å². The zero-order valence-corrected chi connectivity index (χ0v) is 6.96. The highest BCUT2D eigenvalue weighted by atomic mass is 14.0. The quantitative estimate of drug-likeness (QED) is 0.532. The van der Waals surface area contributed by atoms with Crippen molar-refractivity contribution in [3.05, 3.63) is 35.4 Å². The van der Waals surface area contributed by atoms with Crippen molar-refractivity contribution >= 4 is 0 Å². The highest BCUT2D eigenvalue weighted by molar-refractivity contribution is 5.28. The zero-order chi connectivity index (χ0) is 8.27. The van der Waals surface area contributed by atoms with E-state index in [1.54, 1.807) is 0 Å². The molecule has 1 aromatic carbocycles. The van der Waals surface area contributed by atoms with Crippen LogP contribution in [0.1, 0.15) is 24.0 Å². The van der Waals surface area contributed by atoms with E-state index in [0.717, 1.165) is 0 Å². The lowest BCUT2D eigenvalue weighted by molar-refractivity contribution is 1.00. The summed E-state index contributed by atoms with van der Waals surface area (Å²) in [5.74, 6) is 2.93. The molecule has 1 rings (SSSR count). The smallest absolute Gasteiger partial charge is 0.0421 e. The molecule has 0 nitrogen and oxygen atoms in total. The minimum atomic E-state index is 0.232. The molecule has 1 aromatic rings. The van der Waals surface area contributed by atoms with Crippen LogP contribution in [-0.4, -0.2) is 0 Å². The Balaban J connectivity index is 2.92. The molecule has 0 heterocycles. The number of hydrogen-bond acceptors (Lipinski definition) is 0. The highest BCUT2D eigenvalue weighted by Crippen LogP contribution is 2.13. The standard InChI is InChI=1S/C11H12/c1-4-10(3)11-7-5-9(2)6-8-11/h1,5-8,10H,2-3H3. The van der Waals surface area contributed by atoms with Crippen LogP contribution in [0.2, 0.25) is 0 Å². The second-order valence-electron chi connectivity index (χ2n) is 2.80. The molecule has 1 atom stereocenters. The number of rotatable bonds is 1. The minimum Gasteiger partial charge on any atom is -0.119 e. The average molecular weight is 144 g/mol. The summed E-state index contributed by atoms with van der Waals surface area (Å²) >= 11 is 0. The summed E-state index contributed by atoms with van der Waals surface area (Å²) in [6, 6.07) is 8.34. The van der Waals surface area contributed by atoms with Gasteiger partial charge in [0, 0.05) is 5.92 Å². The fourth-order valence-electron chi connectivity index (χ4n) is 0.951. The van der Waals surface area contributed by atoms with E-state index in [2.05, 4.69) is 37.1 Å². The molecule has 11 heavy (non-hydrogen) atoms. The van der Waals surface area contributed by atoms with Gasteiger partial charge in [0.1, 0.15) is 0 Å². The van der Waals surface area contributed by atoms with Crippen LogP contribution in [0.3, 0.4) is 0 Å². The van der Waals surface area contributed by atoms with E-state index < -0.39 is 0 Å². The van der Waals surface area contributed by atoms with Gasteiger partial charge in [-0.15, -0.1) is 6.42 Å². The first-order chi connectivity index (χ1) is 5.24. The Hall–Kier alpha value is -1.22. The summed E-state index contributed by atoms with van der Waals surface area (Å²) in [5.41, 5.74) is 2.50. The Morgan fingerprint density at radius 2 is 1.82 bits per heavy atom. The van der Waals surface area contributed by atoms with E-state index in [0.29, 0.717) is 0 Å². The van der Waals surface area contributed by atoms with Crippen molar-refractivity contribution in [2.45, 2.75) is 19.8 Å². The Morgan fingerprint density at radius 3 is 2.27 bits per heavy atom. The second-order valence-corrected chi connectivity index (χ2v) is 2.80. The van der Waals surface area contributed by atoms with Crippen LogP contribution in [0.15, 0.2) is 24.3 Å². The molecule has 1 unspecified atom stereocenters. The van der Waals surface area contributed by atoms with Crippen molar-refractivity contribution in [3.63, 3.8) is 0 Å². The third-order valence-electron chi connectivity index (χ3n) is 1.83. The van der Waals surface area contributed by atoms with E-state index in [1.165, 1.54) is 11.1 Å². The van der Waals surface area contributed by atoms with Gasteiger partial charge >= 0.3 is 0 Å². The normalized spacial score (nSPS) is 12.1. The molecule has 0 fully saturated rings. The number of aryl methyl sites for hydroxylation is 1. The molecular formula is C11H12. The van der Waals surface area contributed by atoms with Gasteiger partial charge in [-0.25, -0.2) is 0 Å². The zero-order valence-electron chi connectivity index (χ0n) is 6.96. The van der Waals surface area contributed by atoms with Crippen LogP contribution >= 0.6 is 0 Å². The van der Waals surface area contributed by atoms with Gasteiger partial charge in [0.2, 0.25) is 0 Å². The van der Waals surface area contributed by atoms with Gasteiger partial charge in [-0.2, -0.15) is 0 Å². The van der Waals surface area contributed by atoms with Gasteiger partial charge < -0.3 is 0 Å². The van der Waals surface area contributed by atoms with E-state index in [9.17, 15) is 0 Å². The Labute approximate surface area is 68.3 Å². The lowest BCUT2D eigenvalue weighted by Gasteiger charge is -2.03. The van der Waals surface area contributed by atoms with Gasteiger partial charge in [0.25, 0.3) is 0 Å². The molecule has 0 saturated carbocycles. The van der Waals surface area contributed by atoms with E-state index in [4.69, 9.17) is 6.42 Å².